The fourth-order valence-electron chi connectivity index (χ4n) is 3.72. The maximum atomic E-state index is 13.7. The number of hydrogen-bond acceptors (Lipinski definition) is 8. The summed E-state index contributed by atoms with van der Waals surface area (Å²) >= 11 is 4.80. The van der Waals surface area contributed by atoms with E-state index in [1.807, 2.05) is 49.4 Å². The van der Waals surface area contributed by atoms with Crippen LogP contribution in [0.15, 0.2) is 81.2 Å². The molecule has 210 valence electrons. The Morgan fingerprint density at radius 1 is 1.00 bits per heavy atom. The number of thiazole rings is 1. The third-order valence-electron chi connectivity index (χ3n) is 5.94. The molecule has 4 rings (SSSR count). The van der Waals surface area contributed by atoms with Crippen LogP contribution >= 0.6 is 27.3 Å². The number of aromatic nitrogens is 1. The molecule has 0 fully saturated rings. The Labute approximate surface area is 246 Å². The number of halogens is 1. The summed E-state index contributed by atoms with van der Waals surface area (Å²) in [7, 11) is -0.802. The van der Waals surface area contributed by atoms with Crippen LogP contribution in [0.4, 0.5) is 5.13 Å². The molecule has 4 aromatic rings. The Kier molecular flexibility index (Phi) is 10.2. The van der Waals surface area contributed by atoms with Crippen molar-refractivity contribution in [2.75, 3.05) is 45.5 Å². The van der Waals surface area contributed by atoms with Crippen LogP contribution in [0.2, 0.25) is 0 Å². The molecule has 40 heavy (non-hydrogen) atoms. The number of benzene rings is 3. The quantitative estimate of drug-likeness (QED) is 0.153. The number of aryl methyl sites for hydroxylation is 1. The smallest absolute Gasteiger partial charge is 0.280 e. The van der Waals surface area contributed by atoms with Crippen LogP contribution in [-0.4, -0.2) is 70.4 Å². The first-order chi connectivity index (χ1) is 19.2. The van der Waals surface area contributed by atoms with Crippen molar-refractivity contribution < 1.29 is 22.7 Å². The van der Waals surface area contributed by atoms with E-state index < -0.39 is 15.9 Å². The molecule has 0 spiro atoms. The number of rotatable bonds is 12. The second-order valence-electron chi connectivity index (χ2n) is 8.79. The maximum absolute atomic E-state index is 13.7. The predicted octanol–water partition coefficient (Wildman–Crippen LogP) is 5.33. The molecule has 0 aliphatic rings. The molecule has 1 aromatic heterocycles. The number of hydrazone groups is 1. The normalized spacial score (nSPS) is 12.0. The first-order valence-electron chi connectivity index (χ1n) is 12.3. The van der Waals surface area contributed by atoms with Gasteiger partial charge in [0.15, 0.2) is 0 Å². The molecule has 1 amide bonds. The van der Waals surface area contributed by atoms with Gasteiger partial charge in [-0.05, 0) is 55.0 Å². The number of amides is 1. The van der Waals surface area contributed by atoms with Crippen LogP contribution in [-0.2, 0) is 19.5 Å². The molecule has 1 heterocycles. The molecular weight excluding hydrogens is 616 g/mol. The number of ether oxygens (including phenoxy) is 2. The van der Waals surface area contributed by atoms with Crippen LogP contribution in [0, 0.1) is 6.92 Å². The number of hydrogen-bond donors (Lipinski definition) is 0. The number of nitrogens with zero attached hydrogens (tertiary/aromatic N) is 4. The summed E-state index contributed by atoms with van der Waals surface area (Å²) in [6.07, 6.45) is 1.60. The van der Waals surface area contributed by atoms with E-state index >= 15 is 0 Å². The second kappa shape index (κ2) is 13.6. The lowest BCUT2D eigenvalue weighted by Gasteiger charge is -2.21. The van der Waals surface area contributed by atoms with Gasteiger partial charge in [0, 0.05) is 37.3 Å². The summed E-state index contributed by atoms with van der Waals surface area (Å²) in [5.41, 5.74) is 2.93. The highest BCUT2D eigenvalue weighted by atomic mass is 79.9. The molecule has 0 aliphatic heterocycles. The lowest BCUT2D eigenvalue weighted by Crippen LogP contribution is -2.36. The number of carbonyl (C=O) groups excluding carboxylic acids is 1. The second-order valence-corrected chi connectivity index (χ2v) is 12.7. The molecular formula is C28H29BrN4O5S2. The van der Waals surface area contributed by atoms with Gasteiger partial charge in [-0.1, -0.05) is 57.1 Å². The number of anilines is 1. The standard InChI is InChI=1S/C28H29BrN4O5S2/c1-20-4-6-21(7-5-20)19-30-33(28-31-25-13-10-23(29)18-26(25)39-28)27(34)22-8-11-24(12-9-22)40(35,36)32(14-16-37-2)15-17-38-3/h4-13,18-19H,14-17H2,1-3H3/b30-19+. The zero-order valence-electron chi connectivity index (χ0n) is 22.3. The van der Waals surface area contributed by atoms with Crippen molar-refractivity contribution in [1.29, 1.82) is 0 Å². The van der Waals surface area contributed by atoms with Crippen molar-refractivity contribution in [3.63, 3.8) is 0 Å². The van der Waals surface area contributed by atoms with Crippen molar-refractivity contribution in [3.05, 3.63) is 87.9 Å². The lowest BCUT2D eigenvalue weighted by atomic mass is 10.2. The van der Waals surface area contributed by atoms with Crippen molar-refractivity contribution in [3.8, 4) is 0 Å². The van der Waals surface area contributed by atoms with Gasteiger partial charge in [0.1, 0.15) is 0 Å². The highest BCUT2D eigenvalue weighted by molar-refractivity contribution is 9.10. The van der Waals surface area contributed by atoms with E-state index in [0.717, 1.165) is 25.8 Å². The van der Waals surface area contributed by atoms with Crippen molar-refractivity contribution in [2.45, 2.75) is 11.8 Å². The molecule has 3 aromatic carbocycles. The molecule has 0 unspecified atom stereocenters. The summed E-state index contributed by atoms with van der Waals surface area (Å²) in [5, 5.41) is 6.13. The molecule has 0 N–H and O–H groups in total. The van der Waals surface area contributed by atoms with Gasteiger partial charge in [-0.2, -0.15) is 14.4 Å². The van der Waals surface area contributed by atoms with Crippen molar-refractivity contribution in [1.82, 2.24) is 9.29 Å². The van der Waals surface area contributed by atoms with E-state index in [-0.39, 0.29) is 36.8 Å². The third-order valence-corrected chi connectivity index (χ3v) is 9.34. The average Bonchev–Trinajstić information content (AvgIpc) is 3.36. The van der Waals surface area contributed by atoms with Gasteiger partial charge < -0.3 is 9.47 Å². The molecule has 0 aliphatic carbocycles. The highest BCUT2D eigenvalue weighted by Gasteiger charge is 2.26. The third kappa shape index (κ3) is 7.19. The van der Waals surface area contributed by atoms with Gasteiger partial charge in [0.05, 0.1) is 34.5 Å². The minimum Gasteiger partial charge on any atom is -0.383 e. The fourth-order valence-corrected chi connectivity index (χ4v) is 6.60. The van der Waals surface area contributed by atoms with Crippen molar-refractivity contribution in [2.24, 2.45) is 5.10 Å². The van der Waals surface area contributed by atoms with Crippen molar-refractivity contribution >= 4 is 64.8 Å². The number of methoxy groups -OCH3 is 2. The van der Waals surface area contributed by atoms with E-state index in [2.05, 4.69) is 26.0 Å². The summed E-state index contributed by atoms with van der Waals surface area (Å²) in [4.78, 5) is 18.4. The summed E-state index contributed by atoms with van der Waals surface area (Å²) in [6.45, 7) is 2.84. The summed E-state index contributed by atoms with van der Waals surface area (Å²) in [6, 6.07) is 19.2. The maximum Gasteiger partial charge on any atom is 0.280 e. The minimum atomic E-state index is -3.83. The van der Waals surface area contributed by atoms with E-state index in [4.69, 9.17) is 9.47 Å². The molecule has 0 bridgehead atoms. The van der Waals surface area contributed by atoms with Gasteiger partial charge in [-0.3, -0.25) is 4.79 Å². The first-order valence-corrected chi connectivity index (χ1v) is 15.4. The van der Waals surface area contributed by atoms with Crippen LogP contribution < -0.4 is 5.01 Å². The molecule has 0 saturated heterocycles. The Hall–Kier alpha value is -3.00. The Balaban J connectivity index is 1.66. The van der Waals surface area contributed by atoms with Crippen LogP contribution in [0.1, 0.15) is 21.5 Å². The van der Waals surface area contributed by atoms with E-state index in [9.17, 15) is 13.2 Å². The van der Waals surface area contributed by atoms with E-state index in [1.165, 1.54) is 59.1 Å². The topological polar surface area (TPSA) is 101 Å². The van der Waals surface area contributed by atoms with Crippen LogP contribution in [0.25, 0.3) is 10.2 Å². The van der Waals surface area contributed by atoms with Gasteiger partial charge in [-0.15, -0.1) is 0 Å². The van der Waals surface area contributed by atoms with Crippen LogP contribution in [0.5, 0.6) is 0 Å². The number of fused-ring (bicyclic) bond motifs is 1. The molecule has 0 radical (unpaired) electrons. The zero-order chi connectivity index (χ0) is 28.7. The summed E-state index contributed by atoms with van der Waals surface area (Å²) in [5.74, 6) is -0.443. The molecule has 0 saturated carbocycles. The monoisotopic (exact) mass is 644 g/mol. The predicted molar refractivity (Wildman–Crippen MR) is 162 cm³/mol. The Morgan fingerprint density at radius 3 is 2.27 bits per heavy atom. The van der Waals surface area contributed by atoms with E-state index in [1.54, 1.807) is 6.21 Å². The largest absolute Gasteiger partial charge is 0.383 e. The zero-order valence-corrected chi connectivity index (χ0v) is 25.5. The fraction of sp³-hybridized carbons (Fsp3) is 0.250. The molecule has 0 atom stereocenters. The van der Waals surface area contributed by atoms with Gasteiger partial charge >= 0.3 is 0 Å². The van der Waals surface area contributed by atoms with Gasteiger partial charge in [0.2, 0.25) is 15.2 Å². The van der Waals surface area contributed by atoms with Gasteiger partial charge in [0.25, 0.3) is 5.91 Å². The Bertz CT molecular complexity index is 1580. The SMILES string of the molecule is COCCN(CCOC)S(=O)(=O)c1ccc(C(=O)N(/N=C/c2ccc(C)cc2)c2nc3ccc(Br)cc3s2)cc1. The number of carbonyl (C=O) groups is 1. The number of sulfonamides is 1. The van der Waals surface area contributed by atoms with E-state index in [0.29, 0.717) is 5.13 Å². The average molecular weight is 646 g/mol. The van der Waals surface area contributed by atoms with Crippen LogP contribution in [0.3, 0.4) is 0 Å². The summed E-state index contributed by atoms with van der Waals surface area (Å²) < 4.78 is 39.8. The minimum absolute atomic E-state index is 0.0656. The Morgan fingerprint density at radius 2 is 1.65 bits per heavy atom. The molecule has 9 nitrogen and oxygen atoms in total. The first kappa shape index (κ1) is 30.0. The lowest BCUT2D eigenvalue weighted by molar-refractivity contribution is 0.0987. The molecule has 12 heteroatoms. The highest BCUT2D eigenvalue weighted by Crippen LogP contribution is 2.32. The van der Waals surface area contributed by atoms with Gasteiger partial charge in [-0.25, -0.2) is 13.4 Å².